The molecule has 2 aromatic rings. The molecule has 0 saturated carbocycles. The van der Waals surface area contributed by atoms with Gasteiger partial charge in [-0.15, -0.1) is 0 Å². The van der Waals surface area contributed by atoms with Crippen molar-refractivity contribution >= 4 is 11.8 Å². The number of rotatable bonds is 6. The fraction of sp³-hybridized carbons (Fsp3) is 0.350. The number of ether oxygens (including phenoxy) is 1. The molecule has 3 N–H and O–H groups in total. The number of aliphatic hydroxyl groups is 3. The molecule has 0 unspecified atom stereocenters. The average Bonchev–Trinajstić information content (AvgIpc) is 3.13. The van der Waals surface area contributed by atoms with Crippen LogP contribution in [0.15, 0.2) is 48.5 Å². The van der Waals surface area contributed by atoms with Crippen LogP contribution in [0.3, 0.4) is 0 Å². The van der Waals surface area contributed by atoms with Gasteiger partial charge in [0, 0.05) is 12.1 Å². The van der Waals surface area contributed by atoms with Crippen LogP contribution in [0.1, 0.15) is 29.2 Å². The maximum atomic E-state index is 12.5. The highest BCUT2D eigenvalue weighted by Crippen LogP contribution is 2.30. The molecular formula is C20H22N2O7. The molecule has 3 rings (SSSR count). The van der Waals surface area contributed by atoms with Crippen molar-refractivity contribution in [3.05, 3.63) is 75.3 Å². The van der Waals surface area contributed by atoms with Crippen LogP contribution < -0.4 is 0 Å². The van der Waals surface area contributed by atoms with Crippen molar-refractivity contribution in [2.24, 2.45) is 0 Å². The van der Waals surface area contributed by atoms with Crippen molar-refractivity contribution < 1.29 is 29.8 Å². The molecule has 9 heteroatoms. The number of non-ortho nitro benzene ring substituents is 1. The minimum Gasteiger partial charge on any atom is -0.445 e. The maximum Gasteiger partial charge on any atom is 0.410 e. The first-order valence-electron chi connectivity index (χ1n) is 9.11. The minimum atomic E-state index is -1.02. The van der Waals surface area contributed by atoms with Gasteiger partial charge in [0.1, 0.15) is 6.61 Å². The summed E-state index contributed by atoms with van der Waals surface area (Å²) >= 11 is 0. The summed E-state index contributed by atoms with van der Waals surface area (Å²) in [6.07, 6.45) is -2.28. The van der Waals surface area contributed by atoms with E-state index in [-0.39, 0.29) is 31.9 Å². The quantitative estimate of drug-likeness (QED) is 0.496. The van der Waals surface area contributed by atoms with E-state index in [2.05, 4.69) is 0 Å². The number of carbonyl (C=O) groups excluding carboxylic acids is 1. The van der Waals surface area contributed by atoms with Gasteiger partial charge in [0.2, 0.25) is 0 Å². The van der Waals surface area contributed by atoms with Crippen molar-refractivity contribution in [3.8, 4) is 0 Å². The first-order chi connectivity index (χ1) is 13.9. The number of nitro groups is 1. The number of nitro benzene ring substituents is 1. The second-order valence-electron chi connectivity index (χ2n) is 6.93. The highest BCUT2D eigenvalue weighted by atomic mass is 16.6. The molecule has 1 saturated heterocycles. The number of aliphatic hydroxyl groups excluding tert-OH is 3. The number of benzene rings is 2. The summed E-state index contributed by atoms with van der Waals surface area (Å²) in [4.78, 5) is 24.0. The molecule has 1 fully saturated rings. The summed E-state index contributed by atoms with van der Waals surface area (Å²) in [5, 5.41) is 40.5. The lowest BCUT2D eigenvalue weighted by Gasteiger charge is -2.28. The zero-order valence-corrected chi connectivity index (χ0v) is 15.5. The average molecular weight is 402 g/mol. The van der Waals surface area contributed by atoms with Crippen LogP contribution in [0.4, 0.5) is 10.5 Å². The first kappa shape index (κ1) is 20.7. The minimum absolute atomic E-state index is 0.0372. The molecule has 0 spiro atoms. The van der Waals surface area contributed by atoms with Crippen molar-refractivity contribution in [2.75, 3.05) is 6.54 Å². The molecule has 29 heavy (non-hydrogen) atoms. The second-order valence-corrected chi connectivity index (χ2v) is 6.93. The van der Waals surface area contributed by atoms with E-state index in [0.29, 0.717) is 16.7 Å². The van der Waals surface area contributed by atoms with E-state index < -0.39 is 29.3 Å². The molecule has 0 aliphatic carbocycles. The van der Waals surface area contributed by atoms with Crippen LogP contribution >= 0.6 is 0 Å². The van der Waals surface area contributed by atoms with Crippen molar-refractivity contribution in [1.29, 1.82) is 0 Å². The van der Waals surface area contributed by atoms with Crippen molar-refractivity contribution in [2.45, 2.75) is 37.9 Å². The third-order valence-corrected chi connectivity index (χ3v) is 4.93. The molecule has 0 radical (unpaired) electrons. The lowest BCUT2D eigenvalue weighted by atomic mass is 9.99. The van der Waals surface area contributed by atoms with E-state index in [9.17, 15) is 25.1 Å². The summed E-state index contributed by atoms with van der Waals surface area (Å²) in [6, 6.07) is 11.7. The highest BCUT2D eigenvalue weighted by Gasteiger charge is 2.40. The molecule has 1 heterocycles. The summed E-state index contributed by atoms with van der Waals surface area (Å²) in [6.45, 7) is -0.160. The topological polar surface area (TPSA) is 133 Å². The Morgan fingerprint density at radius 2 is 1.79 bits per heavy atom. The lowest BCUT2D eigenvalue weighted by Crippen LogP contribution is -2.39. The van der Waals surface area contributed by atoms with Crippen molar-refractivity contribution in [3.63, 3.8) is 0 Å². The summed E-state index contributed by atoms with van der Waals surface area (Å²) in [7, 11) is 0. The largest absolute Gasteiger partial charge is 0.445 e. The van der Waals surface area contributed by atoms with Crippen LogP contribution in [0, 0.1) is 10.1 Å². The van der Waals surface area contributed by atoms with Crippen LogP contribution in [-0.4, -0.2) is 49.9 Å². The Morgan fingerprint density at radius 1 is 1.17 bits per heavy atom. The Kier molecular flexibility index (Phi) is 6.42. The normalized spacial score (nSPS) is 19.8. The number of hydrogen-bond acceptors (Lipinski definition) is 7. The molecule has 1 amide bonds. The number of hydrogen-bond donors (Lipinski definition) is 3. The van der Waals surface area contributed by atoms with Gasteiger partial charge in [0.05, 0.1) is 36.3 Å². The van der Waals surface area contributed by atoms with Crippen LogP contribution in [0.25, 0.3) is 0 Å². The molecule has 1 aliphatic rings. The van der Waals surface area contributed by atoms with Gasteiger partial charge in [0.25, 0.3) is 5.69 Å². The van der Waals surface area contributed by atoms with E-state index in [4.69, 9.17) is 9.84 Å². The summed E-state index contributed by atoms with van der Waals surface area (Å²) < 4.78 is 5.28. The predicted octanol–water partition coefficient (Wildman–Crippen LogP) is 1.89. The Bertz CT molecular complexity index is 854. The van der Waals surface area contributed by atoms with Crippen molar-refractivity contribution in [1.82, 2.24) is 4.90 Å². The highest BCUT2D eigenvalue weighted by molar-refractivity contribution is 5.68. The number of likely N-dealkylation sites (tertiary alicyclic amines) is 1. The van der Waals surface area contributed by atoms with Gasteiger partial charge in [-0.3, -0.25) is 15.0 Å². The standard InChI is InChI=1S/C20H22N2O7/c23-11-13-1-5-15(6-2-13)19(25)18-9-17(24)10-21(18)20(26)29-12-14-3-7-16(8-4-14)22(27)28/h1-8,17-19,23-25H,9-12H2/t17-,18+,19+/m1/s1. The Hall–Kier alpha value is -3.01. The van der Waals surface area contributed by atoms with Gasteiger partial charge >= 0.3 is 6.09 Å². The number of amides is 1. The van der Waals surface area contributed by atoms with Crippen LogP contribution in [0.5, 0.6) is 0 Å². The summed E-state index contributed by atoms with van der Waals surface area (Å²) in [5.41, 5.74) is 1.79. The molecule has 0 aromatic heterocycles. The van der Waals surface area contributed by atoms with E-state index >= 15 is 0 Å². The fourth-order valence-corrected chi connectivity index (χ4v) is 3.34. The van der Waals surface area contributed by atoms with E-state index in [1.54, 1.807) is 24.3 Å². The van der Waals surface area contributed by atoms with Gasteiger partial charge in [-0.25, -0.2) is 4.79 Å². The van der Waals surface area contributed by atoms with Crippen LogP contribution in [0.2, 0.25) is 0 Å². The number of carbonyl (C=O) groups is 1. The molecule has 9 nitrogen and oxygen atoms in total. The molecule has 0 bridgehead atoms. The third kappa shape index (κ3) is 4.89. The molecule has 2 aromatic carbocycles. The van der Waals surface area contributed by atoms with Gasteiger partial charge in [-0.1, -0.05) is 24.3 Å². The number of β-amino-alcohol motifs (C(OH)–C–C–N with tert-alkyl or cyclic N) is 1. The number of nitrogens with zero attached hydrogens (tertiary/aromatic N) is 2. The van der Waals surface area contributed by atoms with Gasteiger partial charge < -0.3 is 20.1 Å². The predicted molar refractivity (Wildman–Crippen MR) is 102 cm³/mol. The lowest BCUT2D eigenvalue weighted by molar-refractivity contribution is -0.384. The zero-order chi connectivity index (χ0) is 21.0. The molecular weight excluding hydrogens is 380 g/mol. The van der Waals surface area contributed by atoms with Gasteiger partial charge in [-0.2, -0.15) is 0 Å². The Balaban J connectivity index is 1.65. The van der Waals surface area contributed by atoms with E-state index in [1.807, 2.05) is 0 Å². The smallest absolute Gasteiger partial charge is 0.410 e. The molecule has 3 atom stereocenters. The molecule has 154 valence electrons. The summed E-state index contributed by atoms with van der Waals surface area (Å²) in [5.74, 6) is 0. The first-order valence-corrected chi connectivity index (χ1v) is 9.11. The van der Waals surface area contributed by atoms with Gasteiger partial charge in [-0.05, 0) is 35.2 Å². The van der Waals surface area contributed by atoms with E-state index in [1.165, 1.54) is 29.2 Å². The Morgan fingerprint density at radius 3 is 2.38 bits per heavy atom. The third-order valence-electron chi connectivity index (χ3n) is 4.93. The van der Waals surface area contributed by atoms with Crippen LogP contribution in [-0.2, 0) is 18.0 Å². The second kappa shape index (κ2) is 8.99. The fourth-order valence-electron chi connectivity index (χ4n) is 3.34. The Labute approximate surface area is 166 Å². The SMILES string of the molecule is O=C(OCc1ccc([N+](=O)[O-])cc1)N1C[C@H](O)C[C@H]1[C@@H](O)c1ccc(CO)cc1. The molecule has 1 aliphatic heterocycles. The van der Waals surface area contributed by atoms with E-state index in [0.717, 1.165) is 0 Å². The monoisotopic (exact) mass is 402 g/mol. The zero-order valence-electron chi connectivity index (χ0n) is 15.5. The maximum absolute atomic E-state index is 12.5. The van der Waals surface area contributed by atoms with Gasteiger partial charge in [0.15, 0.2) is 0 Å².